The van der Waals surface area contributed by atoms with Crippen molar-refractivity contribution in [2.24, 2.45) is 0 Å². The molecule has 0 fully saturated rings. The summed E-state index contributed by atoms with van der Waals surface area (Å²) in [5.41, 5.74) is 8.46. The van der Waals surface area contributed by atoms with Crippen LogP contribution in [0.5, 0.6) is 5.75 Å². The van der Waals surface area contributed by atoms with Gasteiger partial charge in [0.15, 0.2) is 0 Å². The van der Waals surface area contributed by atoms with Crippen molar-refractivity contribution in [2.45, 2.75) is 163 Å². The lowest BCUT2D eigenvalue weighted by Crippen LogP contribution is -2.27. The first kappa shape index (κ1) is 35.8. The Balaban J connectivity index is 3.25. The maximum atomic E-state index is 10.1. The van der Waals surface area contributed by atoms with E-state index in [1.807, 2.05) is 6.07 Å². The van der Waals surface area contributed by atoms with Gasteiger partial charge in [-0.15, -0.1) is 0 Å². The van der Waals surface area contributed by atoms with E-state index in [1.165, 1.54) is 59.1 Å². The molecule has 0 heterocycles. The molecule has 0 spiro atoms. The summed E-state index contributed by atoms with van der Waals surface area (Å²) in [4.78, 5) is 20.3. The van der Waals surface area contributed by atoms with Crippen molar-refractivity contribution in [3.8, 4) is 16.9 Å². The fraction of sp³-hybridized carbons (Fsp3) is 0.676. The third-order valence-electron chi connectivity index (χ3n) is 8.71. The molecule has 0 aromatic heterocycles. The zero-order valence-corrected chi connectivity index (χ0v) is 29.6. The van der Waals surface area contributed by atoms with E-state index in [2.05, 4.69) is 108 Å². The molecular formula is C37H61O3P. The Hall–Kier alpha value is -1.41. The summed E-state index contributed by atoms with van der Waals surface area (Å²) in [6.07, 6.45) is 9.15. The van der Waals surface area contributed by atoms with E-state index in [-0.39, 0.29) is 21.7 Å². The molecule has 0 saturated carbocycles. The van der Waals surface area contributed by atoms with Crippen molar-refractivity contribution < 1.29 is 14.3 Å². The van der Waals surface area contributed by atoms with Gasteiger partial charge in [-0.25, -0.2) is 0 Å². The van der Waals surface area contributed by atoms with E-state index in [0.29, 0.717) is 5.75 Å². The fourth-order valence-corrected chi connectivity index (χ4v) is 6.70. The Kier molecular flexibility index (Phi) is 12.1. The van der Waals surface area contributed by atoms with Gasteiger partial charge in [0, 0.05) is 5.56 Å². The van der Waals surface area contributed by atoms with Crippen LogP contribution in [-0.2, 0) is 21.7 Å². The summed E-state index contributed by atoms with van der Waals surface area (Å²) in [5.74, 6) is 0.603. The first-order valence-corrected chi connectivity index (χ1v) is 17.1. The quantitative estimate of drug-likeness (QED) is 0.182. The molecule has 0 amide bonds. The Bertz CT molecular complexity index is 1110. The minimum Gasteiger partial charge on any atom is -0.427 e. The Labute approximate surface area is 254 Å². The first-order valence-electron chi connectivity index (χ1n) is 16.0. The van der Waals surface area contributed by atoms with E-state index in [4.69, 9.17) is 4.52 Å². The van der Waals surface area contributed by atoms with E-state index >= 15 is 0 Å². The van der Waals surface area contributed by atoms with E-state index < -0.39 is 8.60 Å². The van der Waals surface area contributed by atoms with Gasteiger partial charge in [-0.2, -0.15) is 0 Å². The number of hydrogen-bond donors (Lipinski definition) is 2. The second-order valence-electron chi connectivity index (χ2n) is 15.6. The molecule has 232 valence electrons. The molecule has 2 aromatic rings. The average Bonchev–Trinajstić information content (AvgIpc) is 2.81. The summed E-state index contributed by atoms with van der Waals surface area (Å²) in [6.45, 7) is 30.0. The van der Waals surface area contributed by atoms with E-state index in [0.717, 1.165) is 31.2 Å². The van der Waals surface area contributed by atoms with Crippen LogP contribution in [0.2, 0.25) is 0 Å². The van der Waals surface area contributed by atoms with Gasteiger partial charge in [0.2, 0.25) is 0 Å². The summed E-state index contributed by atoms with van der Waals surface area (Å²) < 4.78 is 5.92. The molecule has 0 unspecified atom stereocenters. The standard InChI is InChI=1S/C37H61O3P/c1-14-16-18-22-36(10,11)27-20-21-30(40-41(38)39)33(37(12,13)23-19-17-15-2)32(27)31-28(34(4,5)6)24-26(3)25-29(31)35(7,8)9/h20-21,24-25,38-39H,14-19,22-23H2,1-13H3. The summed E-state index contributed by atoms with van der Waals surface area (Å²) in [7, 11) is -2.55. The highest BCUT2D eigenvalue weighted by molar-refractivity contribution is 7.39. The van der Waals surface area contributed by atoms with Crippen LogP contribution in [0.15, 0.2) is 24.3 Å². The van der Waals surface area contributed by atoms with E-state index in [1.54, 1.807) is 0 Å². The molecule has 4 heteroatoms. The van der Waals surface area contributed by atoms with Crippen LogP contribution in [0.3, 0.4) is 0 Å². The molecule has 0 bridgehead atoms. The van der Waals surface area contributed by atoms with Crippen LogP contribution < -0.4 is 4.52 Å². The zero-order chi connectivity index (χ0) is 31.4. The van der Waals surface area contributed by atoms with Crippen molar-refractivity contribution in [3.63, 3.8) is 0 Å². The third kappa shape index (κ3) is 9.04. The van der Waals surface area contributed by atoms with Crippen molar-refractivity contribution in [1.82, 2.24) is 0 Å². The first-order chi connectivity index (χ1) is 18.8. The minimum absolute atomic E-state index is 0.0738. The average molecular weight is 585 g/mol. The maximum Gasteiger partial charge on any atom is 0.391 e. The Morgan fingerprint density at radius 3 is 1.51 bits per heavy atom. The van der Waals surface area contributed by atoms with Crippen LogP contribution in [0.4, 0.5) is 0 Å². The number of aryl methyl sites for hydroxylation is 1. The molecule has 2 N–H and O–H groups in total. The number of unbranched alkanes of at least 4 members (excludes halogenated alkanes) is 4. The molecule has 41 heavy (non-hydrogen) atoms. The second kappa shape index (κ2) is 13.9. The van der Waals surface area contributed by atoms with Crippen LogP contribution in [0.25, 0.3) is 11.1 Å². The molecule has 0 atom stereocenters. The molecule has 0 aliphatic rings. The lowest BCUT2D eigenvalue weighted by molar-refractivity contribution is 0.364. The lowest BCUT2D eigenvalue weighted by atomic mass is 9.65. The lowest BCUT2D eigenvalue weighted by Gasteiger charge is -2.39. The molecule has 0 aliphatic heterocycles. The number of rotatable bonds is 13. The monoisotopic (exact) mass is 584 g/mol. The van der Waals surface area contributed by atoms with Gasteiger partial charge in [0.1, 0.15) is 5.75 Å². The van der Waals surface area contributed by atoms with E-state index in [9.17, 15) is 9.79 Å². The largest absolute Gasteiger partial charge is 0.427 e. The second-order valence-corrected chi connectivity index (χ2v) is 16.3. The minimum atomic E-state index is -2.55. The van der Waals surface area contributed by atoms with Crippen LogP contribution >= 0.6 is 8.60 Å². The molecule has 2 rings (SSSR count). The molecule has 3 nitrogen and oxygen atoms in total. The molecule has 0 saturated heterocycles. The topological polar surface area (TPSA) is 49.7 Å². The molecule has 0 radical (unpaired) electrons. The van der Waals surface area contributed by atoms with Gasteiger partial charge in [-0.3, -0.25) is 0 Å². The number of benzene rings is 2. The number of hydrogen-bond acceptors (Lipinski definition) is 3. The predicted octanol–water partition coefficient (Wildman–Crippen LogP) is 11.6. The highest BCUT2D eigenvalue weighted by Crippen LogP contribution is 2.53. The van der Waals surface area contributed by atoms with Crippen LogP contribution in [0, 0.1) is 6.92 Å². The fourth-order valence-electron chi connectivity index (χ4n) is 6.38. The summed E-state index contributed by atoms with van der Waals surface area (Å²) >= 11 is 0. The summed E-state index contributed by atoms with van der Waals surface area (Å²) in [6, 6.07) is 9.00. The third-order valence-corrected chi connectivity index (χ3v) is 9.07. The molecule has 0 aliphatic carbocycles. The zero-order valence-electron chi connectivity index (χ0n) is 28.7. The van der Waals surface area contributed by atoms with Crippen molar-refractivity contribution >= 4 is 8.60 Å². The highest BCUT2D eigenvalue weighted by atomic mass is 31.2. The molecular weight excluding hydrogens is 523 g/mol. The van der Waals surface area contributed by atoms with Crippen molar-refractivity contribution in [1.29, 1.82) is 0 Å². The normalized spacial score (nSPS) is 13.3. The van der Waals surface area contributed by atoms with Crippen LogP contribution in [-0.4, -0.2) is 9.79 Å². The molecule has 2 aromatic carbocycles. The summed E-state index contributed by atoms with van der Waals surface area (Å²) in [5, 5.41) is 0. The maximum absolute atomic E-state index is 10.1. The Morgan fingerprint density at radius 1 is 0.634 bits per heavy atom. The van der Waals surface area contributed by atoms with Gasteiger partial charge >= 0.3 is 8.60 Å². The van der Waals surface area contributed by atoms with Gasteiger partial charge in [0.05, 0.1) is 0 Å². The highest BCUT2D eigenvalue weighted by Gasteiger charge is 2.38. The predicted molar refractivity (Wildman–Crippen MR) is 180 cm³/mol. The Morgan fingerprint density at radius 2 is 1.10 bits per heavy atom. The van der Waals surface area contributed by atoms with Gasteiger partial charge in [-0.05, 0) is 75.3 Å². The van der Waals surface area contributed by atoms with Gasteiger partial charge in [0.25, 0.3) is 0 Å². The van der Waals surface area contributed by atoms with Gasteiger partial charge in [-0.1, -0.05) is 145 Å². The SMILES string of the molecule is CCCCCC(C)(C)c1ccc(OP(O)O)c(C(C)(C)CCCCC)c1-c1c(C(C)(C)C)cc(C)cc1C(C)(C)C. The van der Waals surface area contributed by atoms with Crippen LogP contribution in [0.1, 0.15) is 162 Å². The van der Waals surface area contributed by atoms with Crippen molar-refractivity contribution in [3.05, 3.63) is 52.1 Å². The van der Waals surface area contributed by atoms with Gasteiger partial charge < -0.3 is 14.3 Å². The van der Waals surface area contributed by atoms with Crippen molar-refractivity contribution in [2.75, 3.05) is 0 Å². The smallest absolute Gasteiger partial charge is 0.391 e.